The van der Waals surface area contributed by atoms with Crippen molar-refractivity contribution in [1.82, 2.24) is 5.32 Å². The van der Waals surface area contributed by atoms with Gasteiger partial charge in [0.05, 0.1) is 24.8 Å². The molecule has 1 aliphatic heterocycles. The summed E-state index contributed by atoms with van der Waals surface area (Å²) in [4.78, 5) is 11.7. The summed E-state index contributed by atoms with van der Waals surface area (Å²) in [6.45, 7) is 0.226. The number of amides is 1. The zero-order chi connectivity index (χ0) is 27.7. The molecule has 0 radical (unpaired) electrons. The van der Waals surface area contributed by atoms with E-state index < -0.39 is 83.5 Å². The van der Waals surface area contributed by atoms with Gasteiger partial charge in [-0.15, -0.1) is 0 Å². The molecule has 1 amide bonds. The zero-order valence-electron chi connectivity index (χ0n) is 19.3. The van der Waals surface area contributed by atoms with Gasteiger partial charge < -0.3 is 34.8 Å². The van der Waals surface area contributed by atoms with E-state index in [0.29, 0.717) is 18.2 Å². The first kappa shape index (κ1) is 28.5. The number of methoxy groups -OCH3 is 1. The van der Waals surface area contributed by atoms with Crippen LogP contribution in [0.3, 0.4) is 0 Å². The van der Waals surface area contributed by atoms with Gasteiger partial charge in [-0.3, -0.25) is 4.79 Å². The second kappa shape index (κ2) is 10.7. The minimum absolute atomic E-state index is 0.378. The lowest BCUT2D eigenvalue weighted by molar-refractivity contribution is -0.244. The molecule has 0 aromatic heterocycles. The third-order valence-corrected chi connectivity index (χ3v) is 5.58. The van der Waals surface area contributed by atoms with E-state index in [1.807, 2.05) is 0 Å². The number of hydrogen-bond acceptors (Lipinski definition) is 7. The van der Waals surface area contributed by atoms with Gasteiger partial charge in [0.25, 0.3) is 0 Å². The Labute approximate surface area is 206 Å². The van der Waals surface area contributed by atoms with E-state index in [1.165, 1.54) is 0 Å². The van der Waals surface area contributed by atoms with Crippen LogP contribution in [0, 0.1) is 0 Å². The van der Waals surface area contributed by atoms with Crippen molar-refractivity contribution >= 4 is 5.91 Å². The molecule has 3 rings (SSSR count). The summed E-state index contributed by atoms with van der Waals surface area (Å²) in [6.07, 6.45) is -16.6. The predicted octanol–water partition coefficient (Wildman–Crippen LogP) is 2.72. The fourth-order valence-electron chi connectivity index (χ4n) is 3.88. The van der Waals surface area contributed by atoms with Gasteiger partial charge in [0.1, 0.15) is 35.9 Å². The zero-order valence-corrected chi connectivity index (χ0v) is 19.3. The third kappa shape index (κ3) is 6.26. The second-order valence-corrected chi connectivity index (χ2v) is 8.18. The first-order valence-corrected chi connectivity index (χ1v) is 10.7. The fourth-order valence-corrected chi connectivity index (χ4v) is 3.88. The highest BCUT2D eigenvalue weighted by atomic mass is 19.4. The summed E-state index contributed by atoms with van der Waals surface area (Å²) >= 11 is 0. The average Bonchev–Trinajstić information content (AvgIpc) is 2.81. The molecule has 1 heterocycles. The molecular weight excluding hydrogens is 516 g/mol. The fraction of sp³-hybridized carbons (Fsp3) is 0.435. The van der Waals surface area contributed by atoms with Crippen molar-refractivity contribution in [3.05, 3.63) is 47.5 Å². The predicted molar refractivity (Wildman–Crippen MR) is 114 cm³/mol. The molecule has 2 aromatic carbocycles. The number of halogens is 6. The standard InChI is InChI=1S/C23H23F6NO7/c1-10(32)30-18-20(34)19(33)16(9-31)37-21(18)36-15-5-3-4-14(23(27,28)29)17(15)11-6-12(22(24,25)26)8-13(7-11)35-2/h3-8,16,18-21,31,33-34H,9H2,1-2H3,(H,30,32)/t16-,18-,19+,20-,21-/m1/s1. The van der Waals surface area contributed by atoms with Crippen molar-refractivity contribution in [2.45, 2.75) is 49.9 Å². The Kier molecular flexibility index (Phi) is 8.27. The summed E-state index contributed by atoms with van der Waals surface area (Å²) in [6, 6.07) is 3.14. The summed E-state index contributed by atoms with van der Waals surface area (Å²) in [5, 5.41) is 32.3. The van der Waals surface area contributed by atoms with Gasteiger partial charge in [0.15, 0.2) is 0 Å². The molecule has 8 nitrogen and oxygen atoms in total. The highest BCUT2D eigenvalue weighted by molar-refractivity contribution is 5.76. The Hall–Kier alpha value is -3.07. The van der Waals surface area contributed by atoms with E-state index in [4.69, 9.17) is 14.2 Å². The van der Waals surface area contributed by atoms with Gasteiger partial charge in [-0.1, -0.05) is 6.07 Å². The van der Waals surface area contributed by atoms with Gasteiger partial charge in [-0.05, 0) is 35.9 Å². The summed E-state index contributed by atoms with van der Waals surface area (Å²) in [5.41, 5.74) is -3.99. The van der Waals surface area contributed by atoms with Crippen molar-refractivity contribution in [1.29, 1.82) is 0 Å². The first-order valence-electron chi connectivity index (χ1n) is 10.7. The average molecular weight is 539 g/mol. The highest BCUT2D eigenvalue weighted by Crippen LogP contribution is 2.45. The van der Waals surface area contributed by atoms with Crippen molar-refractivity contribution in [2.24, 2.45) is 0 Å². The molecule has 1 saturated heterocycles. The molecule has 4 N–H and O–H groups in total. The number of carbonyl (C=O) groups excluding carboxylic acids is 1. The topological polar surface area (TPSA) is 117 Å². The van der Waals surface area contributed by atoms with Crippen molar-refractivity contribution in [2.75, 3.05) is 13.7 Å². The Morgan fingerprint density at radius 1 is 1.05 bits per heavy atom. The SMILES string of the molecule is COc1cc(-c2c(O[C@@H]3O[C@H](CO)[C@H](O)[C@H](O)[C@H]3NC(C)=O)cccc2C(F)(F)F)cc(C(F)(F)F)c1. The van der Waals surface area contributed by atoms with E-state index in [0.717, 1.165) is 32.2 Å². The van der Waals surface area contributed by atoms with Crippen LogP contribution in [0.5, 0.6) is 11.5 Å². The van der Waals surface area contributed by atoms with Crippen LogP contribution < -0.4 is 14.8 Å². The molecule has 0 bridgehead atoms. The number of hydrogen-bond donors (Lipinski definition) is 4. The van der Waals surface area contributed by atoms with Gasteiger partial charge in [-0.25, -0.2) is 0 Å². The van der Waals surface area contributed by atoms with Crippen LogP contribution in [0.1, 0.15) is 18.1 Å². The molecule has 204 valence electrons. The Balaban J connectivity index is 2.20. The van der Waals surface area contributed by atoms with Crippen LogP contribution in [-0.4, -0.2) is 65.6 Å². The number of alkyl halides is 6. The van der Waals surface area contributed by atoms with Crippen molar-refractivity contribution in [3.63, 3.8) is 0 Å². The van der Waals surface area contributed by atoms with Crippen LogP contribution in [-0.2, 0) is 21.9 Å². The summed E-state index contributed by atoms with van der Waals surface area (Å²) in [5.74, 6) is -1.71. The van der Waals surface area contributed by atoms with Crippen LogP contribution in [0.25, 0.3) is 11.1 Å². The van der Waals surface area contributed by atoms with E-state index in [1.54, 1.807) is 0 Å². The maximum atomic E-state index is 14.0. The lowest BCUT2D eigenvalue weighted by Crippen LogP contribution is -2.65. The number of benzene rings is 2. The molecule has 37 heavy (non-hydrogen) atoms. The number of aliphatic hydroxyl groups is 3. The molecule has 0 unspecified atom stereocenters. The molecule has 0 saturated carbocycles. The highest BCUT2D eigenvalue weighted by Gasteiger charge is 2.47. The summed E-state index contributed by atoms with van der Waals surface area (Å²) in [7, 11) is 1.04. The van der Waals surface area contributed by atoms with Crippen LogP contribution in [0.4, 0.5) is 26.3 Å². The molecule has 5 atom stereocenters. The van der Waals surface area contributed by atoms with Crippen LogP contribution in [0.15, 0.2) is 36.4 Å². The van der Waals surface area contributed by atoms with Gasteiger partial charge in [0, 0.05) is 12.5 Å². The van der Waals surface area contributed by atoms with E-state index in [9.17, 15) is 46.5 Å². The Morgan fingerprint density at radius 2 is 1.73 bits per heavy atom. The monoisotopic (exact) mass is 539 g/mol. The van der Waals surface area contributed by atoms with Crippen molar-refractivity contribution < 1.29 is 60.7 Å². The van der Waals surface area contributed by atoms with Gasteiger partial charge in [-0.2, -0.15) is 26.3 Å². The Morgan fingerprint density at radius 3 is 2.27 bits per heavy atom. The van der Waals surface area contributed by atoms with Crippen LogP contribution in [0.2, 0.25) is 0 Å². The van der Waals surface area contributed by atoms with Crippen LogP contribution >= 0.6 is 0 Å². The Bertz CT molecular complexity index is 1120. The second-order valence-electron chi connectivity index (χ2n) is 8.18. The molecule has 14 heteroatoms. The number of carbonyl (C=O) groups is 1. The minimum atomic E-state index is -5.04. The number of rotatable bonds is 6. The van der Waals surface area contributed by atoms with Crippen molar-refractivity contribution in [3.8, 4) is 22.6 Å². The minimum Gasteiger partial charge on any atom is -0.497 e. The molecule has 1 fully saturated rings. The first-order chi connectivity index (χ1) is 17.2. The molecule has 0 spiro atoms. The molecular formula is C23H23F6NO7. The molecule has 1 aliphatic rings. The van der Waals surface area contributed by atoms with E-state index >= 15 is 0 Å². The largest absolute Gasteiger partial charge is 0.497 e. The number of ether oxygens (including phenoxy) is 3. The third-order valence-electron chi connectivity index (χ3n) is 5.58. The van der Waals surface area contributed by atoms with E-state index in [-0.39, 0.29) is 5.75 Å². The lowest BCUT2D eigenvalue weighted by Gasteiger charge is -2.42. The smallest absolute Gasteiger partial charge is 0.417 e. The maximum Gasteiger partial charge on any atom is 0.417 e. The number of aliphatic hydroxyl groups excluding tert-OH is 3. The number of nitrogens with one attached hydrogen (secondary N) is 1. The normalized spacial score (nSPS) is 24.5. The summed E-state index contributed by atoms with van der Waals surface area (Å²) < 4.78 is 98.3. The lowest BCUT2D eigenvalue weighted by atomic mass is 9.95. The van der Waals surface area contributed by atoms with Gasteiger partial charge in [0.2, 0.25) is 12.2 Å². The quantitative estimate of drug-likeness (QED) is 0.417. The van der Waals surface area contributed by atoms with E-state index in [2.05, 4.69) is 5.32 Å². The maximum absolute atomic E-state index is 14.0. The molecule has 0 aliphatic carbocycles. The molecule has 2 aromatic rings. The van der Waals surface area contributed by atoms with Gasteiger partial charge >= 0.3 is 12.4 Å².